The molecule has 0 aromatic heterocycles. The van der Waals surface area contributed by atoms with Crippen molar-refractivity contribution in [3.8, 4) is 5.75 Å². The van der Waals surface area contributed by atoms with Gasteiger partial charge in [-0.05, 0) is 24.3 Å². The summed E-state index contributed by atoms with van der Waals surface area (Å²) in [6.45, 7) is 2.89. The molecule has 0 amide bonds. The first kappa shape index (κ1) is 14.7. The first-order valence-electron chi connectivity index (χ1n) is 6.49. The van der Waals surface area contributed by atoms with Crippen molar-refractivity contribution in [2.24, 2.45) is 0 Å². The van der Waals surface area contributed by atoms with Crippen LogP contribution in [-0.4, -0.2) is 56.9 Å². The lowest BCUT2D eigenvalue weighted by Gasteiger charge is -2.31. The molecule has 0 saturated carbocycles. The zero-order valence-corrected chi connectivity index (χ0v) is 11.4. The van der Waals surface area contributed by atoms with Crippen LogP contribution in [0.25, 0.3) is 0 Å². The summed E-state index contributed by atoms with van der Waals surface area (Å²) in [7, 11) is 1.35. The fraction of sp³-hybridized carbons (Fsp3) is 0.500. The third kappa shape index (κ3) is 4.18. The van der Waals surface area contributed by atoms with Crippen molar-refractivity contribution in [1.29, 1.82) is 0 Å². The molecule has 110 valence electrons. The molecular weight excluding hydrogens is 265 g/mol. The Bertz CT molecular complexity index is 437. The smallest absolute Gasteiger partial charge is 0.336 e. The van der Waals surface area contributed by atoms with Crippen molar-refractivity contribution in [2.75, 3.05) is 40.0 Å². The van der Waals surface area contributed by atoms with Crippen LogP contribution in [0, 0.1) is 5.82 Å². The molecule has 1 heterocycles. The van der Waals surface area contributed by atoms with Gasteiger partial charge in [-0.3, -0.25) is 4.90 Å². The van der Waals surface area contributed by atoms with E-state index in [9.17, 15) is 9.18 Å². The van der Waals surface area contributed by atoms with Gasteiger partial charge in [-0.25, -0.2) is 9.18 Å². The lowest BCUT2D eigenvalue weighted by molar-refractivity contribution is -0.159. The van der Waals surface area contributed by atoms with E-state index in [0.717, 1.165) is 6.54 Å². The van der Waals surface area contributed by atoms with Crippen LogP contribution in [-0.2, 0) is 14.3 Å². The molecule has 1 aromatic carbocycles. The molecule has 1 saturated heterocycles. The van der Waals surface area contributed by atoms with Gasteiger partial charge in [0, 0.05) is 19.6 Å². The Balaban J connectivity index is 1.73. The number of hydrogen-bond donors (Lipinski definition) is 0. The second-order valence-electron chi connectivity index (χ2n) is 4.49. The first-order valence-corrected chi connectivity index (χ1v) is 6.49. The maximum absolute atomic E-state index is 12.7. The molecule has 0 radical (unpaired) electrons. The van der Waals surface area contributed by atoms with E-state index in [1.165, 1.54) is 19.2 Å². The number of hydrogen-bond acceptors (Lipinski definition) is 5. The van der Waals surface area contributed by atoms with Crippen molar-refractivity contribution >= 4 is 5.97 Å². The summed E-state index contributed by atoms with van der Waals surface area (Å²) in [5, 5.41) is 0. The minimum atomic E-state index is -0.528. The number of carbonyl (C=O) groups is 1. The first-order chi connectivity index (χ1) is 9.69. The molecule has 0 aliphatic carbocycles. The molecule has 2 rings (SSSR count). The van der Waals surface area contributed by atoms with Crippen molar-refractivity contribution in [2.45, 2.75) is 6.10 Å². The van der Waals surface area contributed by atoms with Crippen molar-refractivity contribution in [3.05, 3.63) is 30.1 Å². The summed E-state index contributed by atoms with van der Waals surface area (Å²) in [6, 6.07) is 5.90. The van der Waals surface area contributed by atoms with Gasteiger partial charge in [0.15, 0.2) is 6.10 Å². The zero-order chi connectivity index (χ0) is 14.4. The molecule has 1 aliphatic rings. The average Bonchev–Trinajstić information content (AvgIpc) is 2.49. The third-order valence-electron chi connectivity index (χ3n) is 3.10. The summed E-state index contributed by atoms with van der Waals surface area (Å²) < 4.78 is 28.3. The SMILES string of the molecule is COC(=O)C1CN(CCOc2ccc(F)cc2)CCO1. The topological polar surface area (TPSA) is 48.0 Å². The highest BCUT2D eigenvalue weighted by Crippen LogP contribution is 2.11. The number of ether oxygens (including phenoxy) is 3. The van der Waals surface area contributed by atoms with Crippen LogP contribution in [0.15, 0.2) is 24.3 Å². The number of nitrogens with zero attached hydrogens (tertiary/aromatic N) is 1. The summed E-state index contributed by atoms with van der Waals surface area (Å²) in [5.41, 5.74) is 0. The molecule has 1 fully saturated rings. The van der Waals surface area contributed by atoms with Gasteiger partial charge < -0.3 is 14.2 Å². The Kier molecular flexibility index (Phi) is 5.31. The van der Waals surface area contributed by atoms with E-state index < -0.39 is 6.10 Å². The second-order valence-corrected chi connectivity index (χ2v) is 4.49. The van der Waals surface area contributed by atoms with Crippen molar-refractivity contribution in [1.82, 2.24) is 4.90 Å². The molecule has 1 aromatic rings. The number of morpholine rings is 1. The largest absolute Gasteiger partial charge is 0.492 e. The maximum Gasteiger partial charge on any atom is 0.336 e. The van der Waals surface area contributed by atoms with Gasteiger partial charge >= 0.3 is 5.97 Å². The monoisotopic (exact) mass is 283 g/mol. The lowest BCUT2D eigenvalue weighted by Crippen LogP contribution is -2.47. The van der Waals surface area contributed by atoms with Crippen LogP contribution in [0.2, 0.25) is 0 Å². The quantitative estimate of drug-likeness (QED) is 0.757. The predicted molar refractivity (Wildman–Crippen MR) is 70.1 cm³/mol. The molecule has 20 heavy (non-hydrogen) atoms. The summed E-state index contributed by atoms with van der Waals surface area (Å²) in [5.74, 6) is -0.00946. The van der Waals surface area contributed by atoms with Gasteiger partial charge in [0.25, 0.3) is 0 Å². The number of halogens is 1. The van der Waals surface area contributed by atoms with Crippen LogP contribution in [0.5, 0.6) is 5.75 Å². The Hall–Kier alpha value is -1.66. The van der Waals surface area contributed by atoms with E-state index in [1.54, 1.807) is 12.1 Å². The van der Waals surface area contributed by atoms with Gasteiger partial charge in [0.1, 0.15) is 18.2 Å². The third-order valence-corrected chi connectivity index (χ3v) is 3.10. The van der Waals surface area contributed by atoms with Crippen LogP contribution >= 0.6 is 0 Å². The molecule has 1 atom stereocenters. The number of rotatable bonds is 5. The molecule has 5 nitrogen and oxygen atoms in total. The second kappa shape index (κ2) is 7.21. The van der Waals surface area contributed by atoms with E-state index in [2.05, 4.69) is 9.64 Å². The number of benzene rings is 1. The summed E-state index contributed by atoms with van der Waals surface area (Å²) in [6.07, 6.45) is -0.528. The fourth-order valence-electron chi connectivity index (χ4n) is 2.00. The Morgan fingerprint density at radius 1 is 1.45 bits per heavy atom. The van der Waals surface area contributed by atoms with Gasteiger partial charge in [-0.1, -0.05) is 0 Å². The lowest BCUT2D eigenvalue weighted by atomic mass is 10.2. The predicted octanol–water partition coefficient (Wildman–Crippen LogP) is 1.08. The minimum absolute atomic E-state index is 0.286. The fourth-order valence-corrected chi connectivity index (χ4v) is 2.00. The number of esters is 1. The van der Waals surface area contributed by atoms with Gasteiger partial charge in [-0.2, -0.15) is 0 Å². The number of methoxy groups -OCH3 is 1. The number of carbonyl (C=O) groups excluding carboxylic acids is 1. The van der Waals surface area contributed by atoms with Crippen LogP contribution in [0.1, 0.15) is 0 Å². The standard InChI is InChI=1S/C14H18FNO4/c1-18-14(17)13-10-16(7-9-20-13)6-8-19-12-4-2-11(15)3-5-12/h2-5,13H,6-10H2,1H3. The summed E-state index contributed by atoms with van der Waals surface area (Å²) >= 11 is 0. The van der Waals surface area contributed by atoms with Gasteiger partial charge in [0.05, 0.1) is 13.7 Å². The highest BCUT2D eigenvalue weighted by Gasteiger charge is 2.26. The van der Waals surface area contributed by atoms with Gasteiger partial charge in [0.2, 0.25) is 0 Å². The summed E-state index contributed by atoms with van der Waals surface area (Å²) in [4.78, 5) is 13.5. The molecule has 0 N–H and O–H groups in total. The molecule has 1 unspecified atom stereocenters. The Morgan fingerprint density at radius 3 is 2.90 bits per heavy atom. The maximum atomic E-state index is 12.7. The molecule has 6 heteroatoms. The zero-order valence-electron chi connectivity index (χ0n) is 11.4. The molecule has 0 spiro atoms. The van der Waals surface area contributed by atoms with Crippen molar-refractivity contribution < 1.29 is 23.4 Å². The highest BCUT2D eigenvalue weighted by molar-refractivity contribution is 5.74. The molecule has 0 bridgehead atoms. The Morgan fingerprint density at radius 2 is 2.20 bits per heavy atom. The van der Waals surface area contributed by atoms with Crippen molar-refractivity contribution in [3.63, 3.8) is 0 Å². The van der Waals surface area contributed by atoms with Crippen LogP contribution in [0.3, 0.4) is 0 Å². The minimum Gasteiger partial charge on any atom is -0.492 e. The van der Waals surface area contributed by atoms with E-state index in [-0.39, 0.29) is 11.8 Å². The van der Waals surface area contributed by atoms with Crippen LogP contribution in [0.4, 0.5) is 4.39 Å². The van der Waals surface area contributed by atoms with Gasteiger partial charge in [-0.15, -0.1) is 0 Å². The van der Waals surface area contributed by atoms with E-state index in [1.807, 2.05) is 0 Å². The molecule has 1 aliphatic heterocycles. The average molecular weight is 283 g/mol. The molecular formula is C14H18FNO4. The highest BCUT2D eigenvalue weighted by atomic mass is 19.1. The van der Waals surface area contributed by atoms with Crippen LogP contribution < -0.4 is 4.74 Å². The van der Waals surface area contributed by atoms with E-state index >= 15 is 0 Å². The normalized spacial score (nSPS) is 19.6. The van der Waals surface area contributed by atoms with E-state index in [0.29, 0.717) is 32.1 Å². The van der Waals surface area contributed by atoms with E-state index in [4.69, 9.17) is 9.47 Å². The Labute approximate surface area is 117 Å².